The second kappa shape index (κ2) is 6.66. The molecule has 0 unspecified atom stereocenters. The van der Waals surface area contributed by atoms with Gasteiger partial charge in [0.05, 0.1) is 16.9 Å². The second-order valence-electron chi connectivity index (χ2n) is 7.63. The van der Waals surface area contributed by atoms with Crippen LogP contribution in [0.5, 0.6) is 0 Å². The van der Waals surface area contributed by atoms with Gasteiger partial charge < -0.3 is 10.3 Å². The van der Waals surface area contributed by atoms with Crippen LogP contribution in [0.25, 0.3) is 22.2 Å². The van der Waals surface area contributed by atoms with E-state index in [0.29, 0.717) is 21.6 Å². The summed E-state index contributed by atoms with van der Waals surface area (Å²) < 4.78 is 12.5. The number of nitrogens with one attached hydrogen (secondary N) is 2. The van der Waals surface area contributed by atoms with Crippen molar-refractivity contribution in [2.24, 2.45) is 5.14 Å². The highest BCUT2D eigenvalue weighted by atomic mass is 35.5. The first-order valence-corrected chi connectivity index (χ1v) is 12.2. The third-order valence-corrected chi connectivity index (χ3v) is 6.64. The molecule has 0 atom stereocenters. The maximum atomic E-state index is 12.5. The number of benzene rings is 2. The summed E-state index contributed by atoms with van der Waals surface area (Å²) in [5, 5.41) is 10.6. The monoisotopic (exact) mass is 427 g/mol. The van der Waals surface area contributed by atoms with E-state index in [2.05, 4.69) is 20.3 Å². The molecule has 0 fully saturated rings. The molecule has 0 amide bonds. The molecule has 150 valence electrons. The molecule has 4 rings (SSSR count). The smallest absolute Gasteiger partial charge is 0.227 e. The summed E-state index contributed by atoms with van der Waals surface area (Å²) >= 11 is 6.44. The Hall–Kier alpha value is -2.74. The van der Waals surface area contributed by atoms with Gasteiger partial charge in [-0.05, 0) is 46.5 Å². The lowest BCUT2D eigenvalue weighted by atomic mass is 10.1. The van der Waals surface area contributed by atoms with Gasteiger partial charge in [0.15, 0.2) is 0 Å². The quantitative estimate of drug-likeness (QED) is 0.441. The normalized spacial score (nSPS) is 13.2. The van der Waals surface area contributed by atoms with Crippen molar-refractivity contribution in [1.82, 2.24) is 15.0 Å². The van der Waals surface area contributed by atoms with Crippen molar-refractivity contribution >= 4 is 43.4 Å². The number of anilines is 2. The number of nitrogens with zero attached hydrogens (tertiary/aromatic N) is 2. The Labute approximate surface area is 174 Å². The number of aryl methyl sites for hydroxylation is 1. The maximum absolute atomic E-state index is 12.5. The highest BCUT2D eigenvalue weighted by Crippen LogP contribution is 2.35. The lowest BCUT2D eigenvalue weighted by Crippen LogP contribution is -2.39. The van der Waals surface area contributed by atoms with Gasteiger partial charge in [-0.3, -0.25) is 9.35 Å². The van der Waals surface area contributed by atoms with Crippen molar-refractivity contribution in [3.8, 4) is 11.3 Å². The van der Waals surface area contributed by atoms with Gasteiger partial charge in [-0.25, -0.2) is 9.97 Å². The first kappa shape index (κ1) is 19.6. The molecule has 4 N–H and O–H groups in total. The van der Waals surface area contributed by atoms with E-state index in [4.69, 9.17) is 16.7 Å². The number of aromatic nitrogens is 3. The number of aromatic amines is 1. The average molecular weight is 428 g/mol. The highest BCUT2D eigenvalue weighted by molar-refractivity contribution is 8.16. The van der Waals surface area contributed by atoms with Gasteiger partial charge in [0, 0.05) is 45.3 Å². The molecule has 0 saturated carbocycles. The molecular formula is C21H22ClN5OS. The molecule has 2 aromatic heterocycles. The summed E-state index contributed by atoms with van der Waals surface area (Å²) in [4.78, 5) is 12.9. The van der Waals surface area contributed by atoms with Crippen LogP contribution in [-0.2, 0) is 9.25 Å². The minimum absolute atomic E-state index is 0.417. The first-order valence-electron chi connectivity index (χ1n) is 8.98. The van der Waals surface area contributed by atoms with Crippen LogP contribution in [0.15, 0.2) is 59.6 Å². The fraction of sp³-hybridized carbons (Fsp3) is 0.143. The predicted molar refractivity (Wildman–Crippen MR) is 121 cm³/mol. The molecule has 0 aliphatic rings. The van der Waals surface area contributed by atoms with E-state index in [1.807, 2.05) is 31.2 Å². The summed E-state index contributed by atoms with van der Waals surface area (Å²) in [5.41, 5.74) is 4.38. The van der Waals surface area contributed by atoms with Gasteiger partial charge in [0.2, 0.25) is 5.95 Å². The van der Waals surface area contributed by atoms with Gasteiger partial charge in [-0.2, -0.15) is 0 Å². The van der Waals surface area contributed by atoms with Crippen molar-refractivity contribution in [2.45, 2.75) is 11.8 Å². The van der Waals surface area contributed by atoms with Crippen molar-refractivity contribution in [3.63, 3.8) is 0 Å². The third kappa shape index (κ3) is 3.89. The molecule has 0 spiro atoms. The Bertz CT molecular complexity index is 1280. The van der Waals surface area contributed by atoms with Crippen molar-refractivity contribution in [3.05, 3.63) is 65.4 Å². The molecule has 2 heterocycles. The van der Waals surface area contributed by atoms with E-state index in [1.54, 1.807) is 43.0 Å². The Morgan fingerprint density at radius 3 is 2.48 bits per heavy atom. The molecule has 0 bridgehead atoms. The minimum atomic E-state index is -3.28. The molecule has 0 radical (unpaired) electrons. The van der Waals surface area contributed by atoms with Crippen molar-refractivity contribution < 1.29 is 4.21 Å². The molecule has 29 heavy (non-hydrogen) atoms. The summed E-state index contributed by atoms with van der Waals surface area (Å²) in [5.74, 6) is 0.417. The fourth-order valence-corrected chi connectivity index (χ4v) is 4.39. The number of halogens is 1. The average Bonchev–Trinajstić information content (AvgIpc) is 2.98. The van der Waals surface area contributed by atoms with E-state index in [9.17, 15) is 4.21 Å². The predicted octanol–water partition coefficient (Wildman–Crippen LogP) is 4.64. The largest absolute Gasteiger partial charge is 0.358 e. The number of fused-ring (bicyclic) bond motifs is 1. The zero-order valence-electron chi connectivity index (χ0n) is 16.4. The standard InChI is InChI=1S/C21H22ClN5OS/c1-13-19(16-6-4-5-7-18(16)25-13)20-17(22)12-24-21(27-20)26-14-8-10-15(11-9-14)29(2,3,23)28/h4-12,25H,1-3H3,(H2,23,28)(H,24,26,27). The molecule has 0 saturated heterocycles. The van der Waals surface area contributed by atoms with Crippen LogP contribution >= 0.6 is 11.6 Å². The number of para-hydroxylation sites is 1. The van der Waals surface area contributed by atoms with Gasteiger partial charge in [0.25, 0.3) is 0 Å². The second-order valence-corrected chi connectivity index (χ2v) is 12.3. The Morgan fingerprint density at radius 2 is 1.79 bits per heavy atom. The lowest BCUT2D eigenvalue weighted by Gasteiger charge is -2.29. The number of nitrogens with two attached hydrogens (primary N) is 1. The van der Waals surface area contributed by atoms with Crippen LogP contribution in [0.3, 0.4) is 0 Å². The summed E-state index contributed by atoms with van der Waals surface area (Å²) in [6.45, 7) is 2.00. The van der Waals surface area contributed by atoms with Crippen LogP contribution in [0.1, 0.15) is 5.69 Å². The van der Waals surface area contributed by atoms with Crippen LogP contribution in [0.4, 0.5) is 11.6 Å². The maximum Gasteiger partial charge on any atom is 0.227 e. The highest BCUT2D eigenvalue weighted by Gasteiger charge is 2.21. The lowest BCUT2D eigenvalue weighted by molar-refractivity contribution is 0.665. The molecule has 8 heteroatoms. The molecule has 0 aliphatic carbocycles. The van der Waals surface area contributed by atoms with Crippen molar-refractivity contribution in [1.29, 1.82) is 0 Å². The van der Waals surface area contributed by atoms with E-state index in [-0.39, 0.29) is 0 Å². The number of hydrogen-bond acceptors (Lipinski definition) is 4. The number of rotatable bonds is 4. The van der Waals surface area contributed by atoms with Crippen LogP contribution < -0.4 is 10.5 Å². The summed E-state index contributed by atoms with van der Waals surface area (Å²) in [7, 11) is -3.28. The van der Waals surface area contributed by atoms with Crippen LogP contribution in [-0.4, -0.2) is 31.7 Å². The summed E-state index contributed by atoms with van der Waals surface area (Å²) in [6.07, 6.45) is 4.69. The van der Waals surface area contributed by atoms with Gasteiger partial charge in [-0.1, -0.05) is 29.8 Å². The van der Waals surface area contributed by atoms with Crippen LogP contribution in [0.2, 0.25) is 5.02 Å². The van der Waals surface area contributed by atoms with Crippen molar-refractivity contribution in [2.75, 3.05) is 17.8 Å². The van der Waals surface area contributed by atoms with E-state index >= 15 is 0 Å². The Morgan fingerprint density at radius 1 is 1.10 bits per heavy atom. The minimum Gasteiger partial charge on any atom is -0.358 e. The zero-order chi connectivity index (χ0) is 20.8. The van der Waals surface area contributed by atoms with E-state index in [0.717, 1.165) is 27.8 Å². The molecule has 2 aromatic carbocycles. The molecular weight excluding hydrogens is 406 g/mol. The van der Waals surface area contributed by atoms with Crippen LogP contribution in [0, 0.1) is 6.92 Å². The first-order chi connectivity index (χ1) is 13.6. The molecule has 6 nitrogen and oxygen atoms in total. The number of H-pyrrole nitrogens is 1. The molecule has 4 aromatic rings. The summed E-state index contributed by atoms with van der Waals surface area (Å²) in [6, 6.07) is 15.1. The topological polar surface area (TPSA) is 96.7 Å². The zero-order valence-corrected chi connectivity index (χ0v) is 17.9. The third-order valence-electron chi connectivity index (χ3n) is 4.69. The van der Waals surface area contributed by atoms with Gasteiger partial charge in [0.1, 0.15) is 0 Å². The van der Waals surface area contributed by atoms with Gasteiger partial charge >= 0.3 is 0 Å². The Balaban J connectivity index is 1.71. The van der Waals surface area contributed by atoms with E-state index in [1.165, 1.54) is 0 Å². The Kier molecular flexibility index (Phi) is 4.49. The SMILES string of the molecule is Cc1[nH]c2ccccc2c1-c1nc(Nc2ccc(S(C)(C)(N)=O)cc2)ncc1Cl. The fourth-order valence-electron chi connectivity index (χ4n) is 3.26. The van der Waals surface area contributed by atoms with Gasteiger partial charge in [-0.15, -0.1) is 0 Å². The van der Waals surface area contributed by atoms with E-state index < -0.39 is 9.25 Å². The number of hydrogen-bond donors (Lipinski definition) is 3. The molecule has 0 aliphatic heterocycles.